The SMILES string of the molecule is O=C(NCCc1ccccc1Cl)[C@]1(C/C=C/c2ccccc2)N=C(c2ccc(OCCCO)cc2)O[C@@H]1c1ccc(-c2ccccc2)cc1. The summed E-state index contributed by atoms with van der Waals surface area (Å²) in [4.78, 5) is 19.7. The van der Waals surface area contributed by atoms with Crippen LogP contribution < -0.4 is 10.1 Å². The largest absolute Gasteiger partial charge is 0.494 e. The zero-order chi connectivity index (χ0) is 33.9. The summed E-state index contributed by atoms with van der Waals surface area (Å²) in [6.45, 7) is 0.869. The number of rotatable bonds is 14. The van der Waals surface area contributed by atoms with Crippen LogP contribution in [0.15, 0.2) is 145 Å². The van der Waals surface area contributed by atoms with E-state index in [0.717, 1.165) is 33.4 Å². The molecule has 5 aromatic carbocycles. The predicted molar refractivity (Wildman–Crippen MR) is 197 cm³/mol. The smallest absolute Gasteiger partial charge is 0.252 e. The topological polar surface area (TPSA) is 80.2 Å². The van der Waals surface area contributed by atoms with Crippen LogP contribution in [-0.4, -0.2) is 42.2 Å². The van der Waals surface area contributed by atoms with Crippen molar-refractivity contribution in [1.29, 1.82) is 0 Å². The fraction of sp³-hybridized carbons (Fsp3) is 0.190. The van der Waals surface area contributed by atoms with Gasteiger partial charge in [-0.3, -0.25) is 4.79 Å². The van der Waals surface area contributed by atoms with Gasteiger partial charge in [0.05, 0.1) is 6.61 Å². The minimum Gasteiger partial charge on any atom is -0.494 e. The monoisotopic (exact) mass is 670 g/mol. The maximum absolute atomic E-state index is 14.5. The summed E-state index contributed by atoms with van der Waals surface area (Å²) in [7, 11) is 0. The summed E-state index contributed by atoms with van der Waals surface area (Å²) in [6.07, 6.45) is 4.74. The van der Waals surface area contributed by atoms with E-state index >= 15 is 0 Å². The minimum absolute atomic E-state index is 0.0672. The molecule has 0 saturated carbocycles. The van der Waals surface area contributed by atoms with Gasteiger partial charge in [0, 0.05) is 36.6 Å². The van der Waals surface area contributed by atoms with Crippen LogP contribution >= 0.6 is 11.6 Å². The standard InChI is InChI=1S/C42H39ClN2O4/c43-38-17-8-7-16-34(38)26-28-44-41(47)42(27-9-13-31-11-3-1-4-12-31)39(35-20-18-33(19-21-35)32-14-5-2-6-15-32)49-40(45-42)36-22-24-37(25-23-36)48-30-10-29-46/h1-9,11-25,39,46H,10,26-30H2,(H,44,47)/b13-9+/t39-,42-/m1/s1. The number of aliphatic hydroxyl groups is 1. The lowest BCUT2D eigenvalue weighted by atomic mass is 9.83. The predicted octanol–water partition coefficient (Wildman–Crippen LogP) is 8.49. The quantitative estimate of drug-likeness (QED) is 0.116. The van der Waals surface area contributed by atoms with Crippen molar-refractivity contribution in [3.8, 4) is 16.9 Å². The summed E-state index contributed by atoms with van der Waals surface area (Å²) in [5, 5.41) is 13.0. The molecule has 0 radical (unpaired) electrons. The number of nitrogens with zero attached hydrogens (tertiary/aromatic N) is 1. The number of benzene rings is 5. The first-order valence-corrected chi connectivity index (χ1v) is 16.9. The number of aliphatic imine (C=N–C) groups is 1. The van der Waals surface area contributed by atoms with Gasteiger partial charge in [-0.15, -0.1) is 0 Å². The number of ether oxygens (including phenoxy) is 2. The first kappa shape index (κ1) is 33.7. The molecule has 248 valence electrons. The second kappa shape index (κ2) is 16.3. The van der Waals surface area contributed by atoms with Gasteiger partial charge in [-0.25, -0.2) is 4.99 Å². The molecule has 2 atom stereocenters. The van der Waals surface area contributed by atoms with Crippen molar-refractivity contribution < 1.29 is 19.4 Å². The molecule has 0 fully saturated rings. The lowest BCUT2D eigenvalue weighted by Crippen LogP contribution is -2.48. The zero-order valence-corrected chi connectivity index (χ0v) is 27.9. The fourth-order valence-electron chi connectivity index (χ4n) is 5.90. The first-order valence-electron chi connectivity index (χ1n) is 16.5. The van der Waals surface area contributed by atoms with E-state index < -0.39 is 11.6 Å². The number of carbonyl (C=O) groups excluding carboxylic acids is 1. The van der Waals surface area contributed by atoms with E-state index in [1.165, 1.54) is 0 Å². The normalized spacial score (nSPS) is 17.0. The Hall–Kier alpha value is -5.17. The number of halogens is 1. The number of hydrogen-bond donors (Lipinski definition) is 2. The average molecular weight is 671 g/mol. The number of hydrogen-bond acceptors (Lipinski definition) is 5. The second-order valence-corrected chi connectivity index (χ2v) is 12.3. The third kappa shape index (κ3) is 8.29. The molecule has 7 heteroatoms. The molecular weight excluding hydrogens is 632 g/mol. The summed E-state index contributed by atoms with van der Waals surface area (Å²) >= 11 is 6.43. The molecule has 0 bridgehead atoms. The van der Waals surface area contributed by atoms with Crippen molar-refractivity contribution in [1.82, 2.24) is 5.32 Å². The molecule has 1 amide bonds. The molecule has 0 aromatic heterocycles. The molecule has 6 rings (SSSR count). The first-order chi connectivity index (χ1) is 24.1. The van der Waals surface area contributed by atoms with Gasteiger partial charge in [0.25, 0.3) is 5.91 Å². The molecule has 1 heterocycles. The fourth-order valence-corrected chi connectivity index (χ4v) is 6.13. The van der Waals surface area contributed by atoms with Crippen LogP contribution in [0.3, 0.4) is 0 Å². The molecular formula is C42H39ClN2O4. The van der Waals surface area contributed by atoms with E-state index in [0.29, 0.717) is 49.1 Å². The van der Waals surface area contributed by atoms with Gasteiger partial charge in [-0.1, -0.05) is 127 Å². The minimum atomic E-state index is -1.30. The van der Waals surface area contributed by atoms with Crippen LogP contribution in [0.25, 0.3) is 17.2 Å². The molecule has 6 nitrogen and oxygen atoms in total. The van der Waals surface area contributed by atoms with Crippen molar-refractivity contribution >= 4 is 29.5 Å². The van der Waals surface area contributed by atoms with E-state index in [1.807, 2.05) is 121 Å². The molecule has 2 N–H and O–H groups in total. The van der Waals surface area contributed by atoms with Crippen molar-refractivity contribution in [2.75, 3.05) is 19.8 Å². The summed E-state index contributed by atoms with van der Waals surface area (Å²) in [5.41, 5.74) is 4.44. The maximum atomic E-state index is 14.5. The third-order valence-electron chi connectivity index (χ3n) is 8.53. The Bertz CT molecular complexity index is 1880. The lowest BCUT2D eigenvalue weighted by molar-refractivity contribution is -0.128. The third-order valence-corrected chi connectivity index (χ3v) is 8.90. The van der Waals surface area contributed by atoms with Gasteiger partial charge >= 0.3 is 0 Å². The van der Waals surface area contributed by atoms with Crippen LogP contribution in [0.4, 0.5) is 0 Å². The van der Waals surface area contributed by atoms with Crippen LogP contribution in [-0.2, 0) is 16.0 Å². The molecule has 0 saturated heterocycles. The Kier molecular flexibility index (Phi) is 11.2. The van der Waals surface area contributed by atoms with E-state index in [1.54, 1.807) is 0 Å². The van der Waals surface area contributed by atoms with E-state index in [9.17, 15) is 4.79 Å². The van der Waals surface area contributed by atoms with Crippen LogP contribution in [0.5, 0.6) is 5.75 Å². The Labute approximate surface area is 292 Å². The molecule has 1 aliphatic rings. The average Bonchev–Trinajstić information content (AvgIpc) is 3.54. The molecule has 49 heavy (non-hydrogen) atoms. The van der Waals surface area contributed by atoms with Crippen molar-refractivity contribution in [3.63, 3.8) is 0 Å². The van der Waals surface area contributed by atoms with Gasteiger partial charge in [0.1, 0.15) is 5.75 Å². The van der Waals surface area contributed by atoms with Gasteiger partial charge in [0.2, 0.25) is 5.90 Å². The van der Waals surface area contributed by atoms with Crippen molar-refractivity contribution in [2.24, 2.45) is 4.99 Å². The van der Waals surface area contributed by atoms with Crippen molar-refractivity contribution in [2.45, 2.75) is 30.9 Å². The number of carbonyl (C=O) groups is 1. The molecule has 0 spiro atoms. The van der Waals surface area contributed by atoms with E-state index in [4.69, 9.17) is 31.2 Å². The Morgan fingerprint density at radius 2 is 1.49 bits per heavy atom. The Balaban J connectivity index is 1.36. The highest BCUT2D eigenvalue weighted by molar-refractivity contribution is 6.31. The molecule has 5 aromatic rings. The van der Waals surface area contributed by atoms with Crippen LogP contribution in [0.2, 0.25) is 5.02 Å². The molecule has 1 aliphatic heterocycles. The van der Waals surface area contributed by atoms with Gasteiger partial charge < -0.3 is 19.9 Å². The zero-order valence-electron chi connectivity index (χ0n) is 27.2. The summed E-state index contributed by atoms with van der Waals surface area (Å²) < 4.78 is 12.4. The van der Waals surface area contributed by atoms with Gasteiger partial charge in [-0.2, -0.15) is 0 Å². The maximum Gasteiger partial charge on any atom is 0.252 e. The number of amides is 1. The van der Waals surface area contributed by atoms with E-state index in [-0.39, 0.29) is 12.5 Å². The highest BCUT2D eigenvalue weighted by Gasteiger charge is 2.52. The van der Waals surface area contributed by atoms with Crippen LogP contribution in [0.1, 0.15) is 41.2 Å². The molecule has 0 aliphatic carbocycles. The van der Waals surface area contributed by atoms with E-state index in [2.05, 4.69) is 29.6 Å². The van der Waals surface area contributed by atoms with Gasteiger partial charge in [0.15, 0.2) is 11.6 Å². The number of nitrogens with one attached hydrogen (secondary N) is 1. The summed E-state index contributed by atoms with van der Waals surface area (Å²) in [5.74, 6) is 0.833. The van der Waals surface area contributed by atoms with Crippen LogP contribution in [0, 0.1) is 0 Å². The van der Waals surface area contributed by atoms with Crippen molar-refractivity contribution in [3.05, 3.63) is 167 Å². The molecule has 0 unspecified atom stereocenters. The lowest BCUT2D eigenvalue weighted by Gasteiger charge is -2.30. The van der Waals surface area contributed by atoms with Gasteiger partial charge in [-0.05, 0) is 64.6 Å². The highest BCUT2D eigenvalue weighted by atomic mass is 35.5. The Morgan fingerprint density at radius 1 is 0.837 bits per heavy atom. The highest BCUT2D eigenvalue weighted by Crippen LogP contribution is 2.43. The Morgan fingerprint density at radius 3 is 2.20 bits per heavy atom. The summed E-state index contributed by atoms with van der Waals surface area (Å²) in [6, 6.07) is 43.5. The second-order valence-electron chi connectivity index (χ2n) is 11.9. The number of aliphatic hydroxyl groups excluding tert-OH is 1.